The molecule has 0 saturated heterocycles. The van der Waals surface area contributed by atoms with Crippen LogP contribution >= 0.6 is 0 Å². The molecule has 0 amide bonds. The molecule has 0 unspecified atom stereocenters. The average molecular weight is 177 g/mol. The van der Waals surface area contributed by atoms with Crippen LogP contribution in [0.4, 0.5) is 5.69 Å². The molecule has 0 heterocycles. The topological polar surface area (TPSA) is 81.5 Å². The SMILES string of the molecule is NC(N)=Nc1ccc(CC=O)cc1. The molecule has 0 aromatic heterocycles. The summed E-state index contributed by atoms with van der Waals surface area (Å²) in [5.41, 5.74) is 12.0. The van der Waals surface area contributed by atoms with Crippen molar-refractivity contribution in [3.63, 3.8) is 0 Å². The smallest absolute Gasteiger partial charge is 0.191 e. The van der Waals surface area contributed by atoms with E-state index in [4.69, 9.17) is 11.5 Å². The monoisotopic (exact) mass is 177 g/mol. The van der Waals surface area contributed by atoms with Gasteiger partial charge in [-0.1, -0.05) is 12.1 Å². The van der Waals surface area contributed by atoms with Crippen molar-refractivity contribution in [2.45, 2.75) is 6.42 Å². The Labute approximate surface area is 76.3 Å². The van der Waals surface area contributed by atoms with Gasteiger partial charge in [0.15, 0.2) is 5.96 Å². The summed E-state index contributed by atoms with van der Waals surface area (Å²) in [6, 6.07) is 7.16. The van der Waals surface area contributed by atoms with Gasteiger partial charge in [0.05, 0.1) is 5.69 Å². The van der Waals surface area contributed by atoms with Crippen molar-refractivity contribution in [3.05, 3.63) is 29.8 Å². The van der Waals surface area contributed by atoms with Gasteiger partial charge in [0.2, 0.25) is 0 Å². The lowest BCUT2D eigenvalue weighted by molar-refractivity contribution is -0.107. The highest BCUT2D eigenvalue weighted by Gasteiger charge is 1.92. The van der Waals surface area contributed by atoms with Crippen molar-refractivity contribution in [1.29, 1.82) is 0 Å². The Hall–Kier alpha value is -1.84. The van der Waals surface area contributed by atoms with Gasteiger partial charge in [-0.15, -0.1) is 0 Å². The lowest BCUT2D eigenvalue weighted by Gasteiger charge is -1.96. The molecule has 0 aliphatic carbocycles. The number of carbonyl (C=O) groups excluding carboxylic acids is 1. The highest BCUT2D eigenvalue weighted by molar-refractivity contribution is 5.79. The van der Waals surface area contributed by atoms with Crippen molar-refractivity contribution in [3.8, 4) is 0 Å². The minimum Gasteiger partial charge on any atom is -0.370 e. The van der Waals surface area contributed by atoms with E-state index in [1.807, 2.05) is 12.1 Å². The van der Waals surface area contributed by atoms with Crippen LogP contribution in [0.5, 0.6) is 0 Å². The summed E-state index contributed by atoms with van der Waals surface area (Å²) in [5, 5.41) is 0. The average Bonchev–Trinajstić information content (AvgIpc) is 2.08. The zero-order valence-electron chi connectivity index (χ0n) is 7.10. The van der Waals surface area contributed by atoms with Crippen LogP contribution in [-0.4, -0.2) is 12.2 Å². The summed E-state index contributed by atoms with van der Waals surface area (Å²) in [7, 11) is 0. The van der Waals surface area contributed by atoms with Gasteiger partial charge >= 0.3 is 0 Å². The highest BCUT2D eigenvalue weighted by Crippen LogP contribution is 2.12. The fourth-order valence-corrected chi connectivity index (χ4v) is 0.952. The normalized spacial score (nSPS) is 9.23. The fraction of sp³-hybridized carbons (Fsp3) is 0.111. The van der Waals surface area contributed by atoms with Crippen LogP contribution in [0.2, 0.25) is 0 Å². The number of benzene rings is 1. The molecule has 68 valence electrons. The van der Waals surface area contributed by atoms with E-state index in [2.05, 4.69) is 4.99 Å². The summed E-state index contributed by atoms with van der Waals surface area (Å²) in [5.74, 6) is 0.0307. The Morgan fingerprint density at radius 3 is 2.38 bits per heavy atom. The van der Waals surface area contributed by atoms with Gasteiger partial charge < -0.3 is 16.3 Å². The Morgan fingerprint density at radius 2 is 1.92 bits per heavy atom. The number of aliphatic imine (C=N–C) groups is 1. The predicted molar refractivity (Wildman–Crippen MR) is 51.7 cm³/mol. The molecule has 4 heteroatoms. The second-order valence-corrected chi connectivity index (χ2v) is 2.57. The van der Waals surface area contributed by atoms with Crippen molar-refractivity contribution in [2.24, 2.45) is 16.5 Å². The molecule has 1 rings (SSSR count). The number of rotatable bonds is 3. The number of hydrogen-bond donors (Lipinski definition) is 2. The molecule has 0 aliphatic heterocycles. The summed E-state index contributed by atoms with van der Waals surface area (Å²) < 4.78 is 0. The number of nitrogens with two attached hydrogens (primary N) is 2. The van der Waals surface area contributed by atoms with Crippen LogP contribution in [0, 0.1) is 0 Å². The Bertz CT molecular complexity index is 312. The Balaban J connectivity index is 2.81. The van der Waals surface area contributed by atoms with E-state index in [1.165, 1.54) is 0 Å². The summed E-state index contributed by atoms with van der Waals surface area (Å²) in [4.78, 5) is 14.0. The van der Waals surface area contributed by atoms with E-state index in [0.717, 1.165) is 11.8 Å². The number of aldehydes is 1. The van der Waals surface area contributed by atoms with E-state index in [-0.39, 0.29) is 5.96 Å². The van der Waals surface area contributed by atoms with Gasteiger partial charge in [0.25, 0.3) is 0 Å². The van der Waals surface area contributed by atoms with E-state index >= 15 is 0 Å². The second kappa shape index (κ2) is 4.25. The molecular formula is C9H11N3O. The lowest BCUT2D eigenvalue weighted by Crippen LogP contribution is -2.21. The molecule has 0 radical (unpaired) electrons. The van der Waals surface area contributed by atoms with Crippen LogP contribution in [0.1, 0.15) is 5.56 Å². The molecule has 13 heavy (non-hydrogen) atoms. The van der Waals surface area contributed by atoms with Gasteiger partial charge in [-0.2, -0.15) is 0 Å². The van der Waals surface area contributed by atoms with Crippen LogP contribution in [0.3, 0.4) is 0 Å². The van der Waals surface area contributed by atoms with Crippen LogP contribution in [0.25, 0.3) is 0 Å². The Kier molecular flexibility index (Phi) is 3.03. The number of hydrogen-bond acceptors (Lipinski definition) is 2. The first-order chi connectivity index (χ1) is 6.22. The third kappa shape index (κ3) is 2.94. The van der Waals surface area contributed by atoms with Gasteiger partial charge in [-0.3, -0.25) is 0 Å². The van der Waals surface area contributed by atoms with E-state index in [9.17, 15) is 4.79 Å². The lowest BCUT2D eigenvalue weighted by atomic mass is 10.1. The summed E-state index contributed by atoms with van der Waals surface area (Å²) >= 11 is 0. The quantitative estimate of drug-likeness (QED) is 0.396. The van der Waals surface area contributed by atoms with E-state index < -0.39 is 0 Å². The molecule has 0 saturated carbocycles. The number of carbonyl (C=O) groups is 1. The van der Waals surface area contributed by atoms with Crippen LogP contribution < -0.4 is 11.5 Å². The maximum absolute atomic E-state index is 10.2. The molecule has 1 aromatic carbocycles. The summed E-state index contributed by atoms with van der Waals surface area (Å²) in [6.45, 7) is 0. The van der Waals surface area contributed by atoms with Gasteiger partial charge in [0.1, 0.15) is 6.29 Å². The van der Waals surface area contributed by atoms with Gasteiger partial charge in [-0.05, 0) is 17.7 Å². The minimum absolute atomic E-state index is 0.0307. The molecule has 0 aliphatic rings. The standard InChI is InChI=1S/C9H11N3O/c10-9(11)12-8-3-1-7(2-4-8)5-6-13/h1-4,6H,5H2,(H4,10,11,12). The zero-order valence-corrected chi connectivity index (χ0v) is 7.10. The molecular weight excluding hydrogens is 166 g/mol. The van der Waals surface area contributed by atoms with Gasteiger partial charge in [0, 0.05) is 6.42 Å². The predicted octanol–water partition coefficient (Wildman–Crippen LogP) is 0.333. The van der Waals surface area contributed by atoms with Gasteiger partial charge in [-0.25, -0.2) is 4.99 Å². The number of nitrogens with zero attached hydrogens (tertiary/aromatic N) is 1. The fourth-order valence-electron chi connectivity index (χ4n) is 0.952. The third-order valence-electron chi connectivity index (χ3n) is 1.51. The molecule has 0 fully saturated rings. The summed E-state index contributed by atoms with van der Waals surface area (Å²) in [6.07, 6.45) is 1.28. The third-order valence-corrected chi connectivity index (χ3v) is 1.51. The van der Waals surface area contributed by atoms with Crippen molar-refractivity contribution < 1.29 is 4.79 Å². The van der Waals surface area contributed by atoms with Crippen LogP contribution in [0.15, 0.2) is 29.3 Å². The molecule has 0 bridgehead atoms. The molecule has 1 aromatic rings. The maximum Gasteiger partial charge on any atom is 0.191 e. The van der Waals surface area contributed by atoms with E-state index in [1.54, 1.807) is 12.1 Å². The zero-order chi connectivity index (χ0) is 9.68. The first-order valence-electron chi connectivity index (χ1n) is 3.84. The van der Waals surface area contributed by atoms with Crippen LogP contribution in [-0.2, 0) is 11.2 Å². The van der Waals surface area contributed by atoms with Crippen molar-refractivity contribution >= 4 is 17.9 Å². The molecule has 0 spiro atoms. The minimum atomic E-state index is 0.0307. The van der Waals surface area contributed by atoms with Crippen molar-refractivity contribution in [1.82, 2.24) is 0 Å². The maximum atomic E-state index is 10.2. The second-order valence-electron chi connectivity index (χ2n) is 2.57. The number of guanidine groups is 1. The highest BCUT2D eigenvalue weighted by atomic mass is 16.1. The Morgan fingerprint density at radius 1 is 1.31 bits per heavy atom. The first-order valence-corrected chi connectivity index (χ1v) is 3.84. The molecule has 0 atom stereocenters. The van der Waals surface area contributed by atoms with E-state index in [0.29, 0.717) is 12.1 Å². The first kappa shape index (κ1) is 9.25. The molecule has 4 nitrogen and oxygen atoms in total. The van der Waals surface area contributed by atoms with Crippen molar-refractivity contribution in [2.75, 3.05) is 0 Å². The largest absolute Gasteiger partial charge is 0.370 e. The molecule has 4 N–H and O–H groups in total.